The van der Waals surface area contributed by atoms with Crippen LogP contribution in [0.4, 0.5) is 5.69 Å². The first kappa shape index (κ1) is 13.3. The standard InChI is InChI=1S/C15H24N2O/c1-3-13-4-7-15(18,8-5-13)11-17-14-6-9-16-12(2)10-14/h6,9-10,13,18H,3-5,7-8,11H2,1-2H3,(H,16,17). The molecule has 2 N–H and O–H groups in total. The molecule has 18 heavy (non-hydrogen) atoms. The lowest BCUT2D eigenvalue weighted by molar-refractivity contribution is 0.00229. The van der Waals surface area contributed by atoms with E-state index in [9.17, 15) is 5.11 Å². The molecule has 1 heterocycles. The second-order valence-corrected chi connectivity index (χ2v) is 5.62. The highest BCUT2D eigenvalue weighted by atomic mass is 16.3. The van der Waals surface area contributed by atoms with Gasteiger partial charge in [0.2, 0.25) is 0 Å². The molecule has 0 aliphatic heterocycles. The fourth-order valence-corrected chi connectivity index (χ4v) is 2.72. The molecule has 1 saturated carbocycles. The summed E-state index contributed by atoms with van der Waals surface area (Å²) >= 11 is 0. The van der Waals surface area contributed by atoms with Gasteiger partial charge < -0.3 is 10.4 Å². The molecule has 2 rings (SSSR count). The number of pyridine rings is 1. The second kappa shape index (κ2) is 5.70. The molecule has 0 aromatic carbocycles. The highest BCUT2D eigenvalue weighted by Gasteiger charge is 2.32. The van der Waals surface area contributed by atoms with E-state index in [4.69, 9.17) is 0 Å². The third-order valence-electron chi connectivity index (χ3n) is 4.13. The van der Waals surface area contributed by atoms with E-state index in [1.54, 1.807) is 6.20 Å². The van der Waals surface area contributed by atoms with Crippen molar-refractivity contribution in [1.82, 2.24) is 4.98 Å². The lowest BCUT2D eigenvalue weighted by atomic mass is 9.78. The number of nitrogens with zero attached hydrogens (tertiary/aromatic N) is 1. The van der Waals surface area contributed by atoms with Crippen LogP contribution in [0, 0.1) is 12.8 Å². The molecule has 3 nitrogen and oxygen atoms in total. The van der Waals surface area contributed by atoms with Gasteiger partial charge in [0.1, 0.15) is 0 Å². The lowest BCUT2D eigenvalue weighted by Gasteiger charge is -2.36. The van der Waals surface area contributed by atoms with Crippen LogP contribution < -0.4 is 5.32 Å². The molecular weight excluding hydrogens is 224 g/mol. The van der Waals surface area contributed by atoms with E-state index in [1.807, 2.05) is 19.1 Å². The molecule has 3 heteroatoms. The predicted octanol–water partition coefficient (Wildman–Crippen LogP) is 3.13. The van der Waals surface area contributed by atoms with Gasteiger partial charge >= 0.3 is 0 Å². The van der Waals surface area contributed by atoms with Gasteiger partial charge in [-0.15, -0.1) is 0 Å². The quantitative estimate of drug-likeness (QED) is 0.860. The summed E-state index contributed by atoms with van der Waals surface area (Å²) in [6.07, 6.45) is 7.20. The van der Waals surface area contributed by atoms with Crippen molar-refractivity contribution in [3.8, 4) is 0 Å². The fourth-order valence-electron chi connectivity index (χ4n) is 2.72. The molecular formula is C15H24N2O. The van der Waals surface area contributed by atoms with E-state index in [2.05, 4.69) is 17.2 Å². The van der Waals surface area contributed by atoms with Gasteiger partial charge in [-0.1, -0.05) is 13.3 Å². The predicted molar refractivity (Wildman–Crippen MR) is 74.7 cm³/mol. The van der Waals surface area contributed by atoms with E-state index >= 15 is 0 Å². The van der Waals surface area contributed by atoms with Crippen molar-refractivity contribution in [2.75, 3.05) is 11.9 Å². The molecule has 0 unspecified atom stereocenters. The molecule has 0 bridgehead atoms. The average molecular weight is 248 g/mol. The molecule has 0 saturated heterocycles. The van der Waals surface area contributed by atoms with Crippen LogP contribution in [0.1, 0.15) is 44.7 Å². The minimum atomic E-state index is -0.525. The van der Waals surface area contributed by atoms with Crippen molar-refractivity contribution < 1.29 is 5.11 Å². The van der Waals surface area contributed by atoms with Crippen LogP contribution in [0.3, 0.4) is 0 Å². The maximum atomic E-state index is 10.5. The summed E-state index contributed by atoms with van der Waals surface area (Å²) in [6.45, 7) is 4.87. The molecule has 0 atom stereocenters. The number of hydrogen-bond donors (Lipinski definition) is 2. The Morgan fingerprint density at radius 2 is 2.17 bits per heavy atom. The Bertz CT molecular complexity index is 384. The van der Waals surface area contributed by atoms with Crippen LogP contribution in [0.5, 0.6) is 0 Å². The van der Waals surface area contributed by atoms with Gasteiger partial charge in [-0.05, 0) is 50.7 Å². The van der Waals surface area contributed by atoms with Gasteiger partial charge in [0.25, 0.3) is 0 Å². The topological polar surface area (TPSA) is 45.1 Å². The number of nitrogens with one attached hydrogen (secondary N) is 1. The maximum Gasteiger partial charge on any atom is 0.0819 e. The van der Waals surface area contributed by atoms with E-state index < -0.39 is 5.60 Å². The molecule has 100 valence electrons. The van der Waals surface area contributed by atoms with Gasteiger partial charge in [0.05, 0.1) is 5.60 Å². The second-order valence-electron chi connectivity index (χ2n) is 5.62. The van der Waals surface area contributed by atoms with Gasteiger partial charge in [-0.3, -0.25) is 4.98 Å². The van der Waals surface area contributed by atoms with Crippen LogP contribution in [0.25, 0.3) is 0 Å². The van der Waals surface area contributed by atoms with Gasteiger partial charge in [-0.2, -0.15) is 0 Å². The molecule has 1 aliphatic carbocycles. The largest absolute Gasteiger partial charge is 0.388 e. The van der Waals surface area contributed by atoms with Crippen molar-refractivity contribution >= 4 is 5.69 Å². The van der Waals surface area contributed by atoms with Gasteiger partial charge in [0.15, 0.2) is 0 Å². The van der Waals surface area contributed by atoms with Crippen LogP contribution >= 0.6 is 0 Å². The fraction of sp³-hybridized carbons (Fsp3) is 0.667. The summed E-state index contributed by atoms with van der Waals surface area (Å²) in [5.74, 6) is 0.813. The maximum absolute atomic E-state index is 10.5. The van der Waals surface area contributed by atoms with Crippen LogP contribution in [-0.4, -0.2) is 22.2 Å². The summed E-state index contributed by atoms with van der Waals surface area (Å²) in [6, 6.07) is 3.97. The Morgan fingerprint density at radius 3 is 2.78 bits per heavy atom. The Hall–Kier alpha value is -1.09. The first-order chi connectivity index (χ1) is 8.61. The molecule has 0 radical (unpaired) electrons. The minimum Gasteiger partial charge on any atom is -0.388 e. The molecule has 1 aromatic heterocycles. The van der Waals surface area contributed by atoms with Crippen LogP contribution in [0.2, 0.25) is 0 Å². The first-order valence-corrected chi connectivity index (χ1v) is 7.00. The zero-order valence-corrected chi connectivity index (χ0v) is 11.4. The van der Waals surface area contributed by atoms with Gasteiger partial charge in [0, 0.05) is 24.1 Å². The van der Waals surface area contributed by atoms with Crippen molar-refractivity contribution in [3.05, 3.63) is 24.0 Å². The Balaban J connectivity index is 1.86. The zero-order valence-electron chi connectivity index (χ0n) is 11.4. The zero-order chi connectivity index (χ0) is 13.0. The monoisotopic (exact) mass is 248 g/mol. The summed E-state index contributed by atoms with van der Waals surface area (Å²) in [4.78, 5) is 4.17. The number of aliphatic hydroxyl groups is 1. The van der Waals surface area contributed by atoms with E-state index in [0.717, 1.165) is 43.0 Å². The average Bonchev–Trinajstić information content (AvgIpc) is 2.38. The van der Waals surface area contributed by atoms with Crippen LogP contribution in [-0.2, 0) is 0 Å². The molecule has 0 amide bonds. The number of aryl methyl sites for hydroxylation is 1. The normalized spacial score (nSPS) is 28.1. The highest BCUT2D eigenvalue weighted by Crippen LogP contribution is 2.33. The SMILES string of the molecule is CCC1CCC(O)(CNc2ccnc(C)c2)CC1. The Morgan fingerprint density at radius 1 is 1.44 bits per heavy atom. The highest BCUT2D eigenvalue weighted by molar-refractivity contribution is 5.43. The molecule has 0 spiro atoms. The van der Waals surface area contributed by atoms with Crippen molar-refractivity contribution in [1.29, 1.82) is 0 Å². The van der Waals surface area contributed by atoms with Crippen molar-refractivity contribution in [2.45, 2.75) is 51.6 Å². The van der Waals surface area contributed by atoms with Crippen molar-refractivity contribution in [2.24, 2.45) is 5.92 Å². The molecule has 1 aliphatic rings. The number of hydrogen-bond acceptors (Lipinski definition) is 3. The Kier molecular flexibility index (Phi) is 4.23. The van der Waals surface area contributed by atoms with Crippen LogP contribution in [0.15, 0.2) is 18.3 Å². The minimum absolute atomic E-state index is 0.525. The number of aromatic nitrogens is 1. The summed E-state index contributed by atoms with van der Waals surface area (Å²) in [5.41, 5.74) is 1.53. The van der Waals surface area contributed by atoms with E-state index in [-0.39, 0.29) is 0 Å². The molecule has 1 aromatic rings. The number of anilines is 1. The summed E-state index contributed by atoms with van der Waals surface area (Å²) in [5, 5.41) is 13.9. The first-order valence-electron chi connectivity index (χ1n) is 7.00. The number of rotatable bonds is 4. The third-order valence-corrected chi connectivity index (χ3v) is 4.13. The molecule has 1 fully saturated rings. The third kappa shape index (κ3) is 3.45. The summed E-state index contributed by atoms with van der Waals surface area (Å²) in [7, 11) is 0. The Labute approximate surface area is 110 Å². The van der Waals surface area contributed by atoms with Gasteiger partial charge in [-0.25, -0.2) is 0 Å². The van der Waals surface area contributed by atoms with E-state index in [0.29, 0.717) is 6.54 Å². The van der Waals surface area contributed by atoms with Crippen molar-refractivity contribution in [3.63, 3.8) is 0 Å². The summed E-state index contributed by atoms with van der Waals surface area (Å²) < 4.78 is 0. The van der Waals surface area contributed by atoms with E-state index in [1.165, 1.54) is 6.42 Å². The smallest absolute Gasteiger partial charge is 0.0819 e. The lowest BCUT2D eigenvalue weighted by Crippen LogP contribution is -2.40.